The summed E-state index contributed by atoms with van der Waals surface area (Å²) in [7, 11) is 3.08. The maximum atomic E-state index is 13.6. The summed E-state index contributed by atoms with van der Waals surface area (Å²) in [6.07, 6.45) is 0.830. The lowest BCUT2D eigenvalue weighted by atomic mass is 10.1. The molecule has 39 heavy (non-hydrogen) atoms. The second-order valence-electron chi connectivity index (χ2n) is 8.91. The Bertz CT molecular complexity index is 1440. The molecule has 0 aromatic heterocycles. The molecule has 0 heterocycles. The minimum atomic E-state index is -0.456. The zero-order valence-corrected chi connectivity index (χ0v) is 23.3. The molecule has 0 bridgehead atoms. The van der Waals surface area contributed by atoms with Crippen LogP contribution in [0.4, 0.5) is 11.4 Å². The van der Waals surface area contributed by atoms with Crippen LogP contribution in [0.5, 0.6) is 11.5 Å². The van der Waals surface area contributed by atoms with Crippen molar-refractivity contribution in [2.75, 3.05) is 24.9 Å². The van der Waals surface area contributed by atoms with Crippen molar-refractivity contribution in [3.63, 3.8) is 0 Å². The molecule has 0 saturated heterocycles. The van der Waals surface area contributed by atoms with Gasteiger partial charge in [0.1, 0.15) is 5.25 Å². The predicted octanol–water partition coefficient (Wildman–Crippen LogP) is 7.30. The van der Waals surface area contributed by atoms with E-state index in [1.165, 1.54) is 18.9 Å². The van der Waals surface area contributed by atoms with Crippen LogP contribution in [0.2, 0.25) is 0 Å². The van der Waals surface area contributed by atoms with Crippen LogP contribution in [0.3, 0.4) is 0 Å². The Kier molecular flexibility index (Phi) is 9.28. The number of hydrogen-bond donors (Lipinski definition) is 2. The Balaban J connectivity index is 1.51. The fraction of sp³-hybridized carbons (Fsp3) is 0.188. The third-order valence-electron chi connectivity index (χ3n) is 6.34. The van der Waals surface area contributed by atoms with Crippen molar-refractivity contribution in [1.82, 2.24) is 0 Å². The van der Waals surface area contributed by atoms with Crippen LogP contribution < -0.4 is 20.1 Å². The summed E-state index contributed by atoms with van der Waals surface area (Å²) >= 11 is 1.47. The van der Waals surface area contributed by atoms with E-state index in [2.05, 4.69) is 17.6 Å². The van der Waals surface area contributed by atoms with Gasteiger partial charge in [-0.3, -0.25) is 9.59 Å². The zero-order valence-electron chi connectivity index (χ0n) is 22.5. The number of carbonyl (C=O) groups excluding carboxylic acids is 2. The van der Waals surface area contributed by atoms with Gasteiger partial charge in [0.2, 0.25) is 5.91 Å². The average molecular weight is 541 g/mol. The maximum absolute atomic E-state index is 13.6. The standard InChI is InChI=1S/C32H32N2O4S/c1-5-22-13-9-10-21(2)29(22)34-32(36)30(23-11-7-6-8-12-23)39-26-17-15-25(16-18-26)33-31(35)24-14-19-27(37-3)28(20-24)38-4/h6-20,30H,5H2,1-4H3,(H,33,35)(H,34,36). The van der Waals surface area contributed by atoms with E-state index in [1.807, 2.05) is 79.7 Å². The highest BCUT2D eigenvalue weighted by Gasteiger charge is 2.23. The predicted molar refractivity (Wildman–Crippen MR) is 158 cm³/mol. The van der Waals surface area contributed by atoms with E-state index in [9.17, 15) is 9.59 Å². The number of thioether (sulfide) groups is 1. The minimum Gasteiger partial charge on any atom is -0.493 e. The summed E-state index contributed by atoms with van der Waals surface area (Å²) in [4.78, 5) is 27.3. The van der Waals surface area contributed by atoms with Gasteiger partial charge in [0.05, 0.1) is 14.2 Å². The minimum absolute atomic E-state index is 0.0824. The van der Waals surface area contributed by atoms with Crippen molar-refractivity contribution in [3.8, 4) is 11.5 Å². The highest BCUT2D eigenvalue weighted by atomic mass is 32.2. The number of methoxy groups -OCH3 is 2. The second kappa shape index (κ2) is 13.0. The monoisotopic (exact) mass is 540 g/mol. The molecular formula is C32H32N2O4S. The molecule has 0 radical (unpaired) electrons. The van der Waals surface area contributed by atoms with Crippen molar-refractivity contribution < 1.29 is 19.1 Å². The molecule has 4 aromatic carbocycles. The molecule has 0 fully saturated rings. The van der Waals surface area contributed by atoms with E-state index in [0.29, 0.717) is 22.7 Å². The van der Waals surface area contributed by atoms with Crippen molar-refractivity contribution in [2.45, 2.75) is 30.4 Å². The molecule has 7 heteroatoms. The van der Waals surface area contributed by atoms with E-state index in [0.717, 1.165) is 33.7 Å². The van der Waals surface area contributed by atoms with Gasteiger partial charge in [-0.25, -0.2) is 0 Å². The number of hydrogen-bond acceptors (Lipinski definition) is 5. The number of rotatable bonds is 10. The molecule has 0 aliphatic heterocycles. The molecule has 0 aliphatic rings. The largest absolute Gasteiger partial charge is 0.493 e. The van der Waals surface area contributed by atoms with Gasteiger partial charge in [0.25, 0.3) is 5.91 Å². The maximum Gasteiger partial charge on any atom is 0.255 e. The molecule has 0 saturated carbocycles. The van der Waals surface area contributed by atoms with Crippen LogP contribution in [-0.2, 0) is 11.2 Å². The van der Waals surface area contributed by atoms with Gasteiger partial charge in [-0.15, -0.1) is 11.8 Å². The van der Waals surface area contributed by atoms with Crippen LogP contribution >= 0.6 is 11.8 Å². The molecule has 4 rings (SSSR count). The number of nitrogens with one attached hydrogen (secondary N) is 2. The summed E-state index contributed by atoms with van der Waals surface area (Å²) in [5, 5.41) is 5.64. The van der Waals surface area contributed by atoms with Gasteiger partial charge >= 0.3 is 0 Å². The molecule has 0 spiro atoms. The number of aryl methyl sites for hydroxylation is 2. The van der Waals surface area contributed by atoms with Crippen molar-refractivity contribution in [1.29, 1.82) is 0 Å². The van der Waals surface area contributed by atoms with E-state index in [-0.39, 0.29) is 11.8 Å². The number of amides is 2. The zero-order chi connectivity index (χ0) is 27.8. The highest BCUT2D eigenvalue weighted by molar-refractivity contribution is 8.00. The molecular weight excluding hydrogens is 508 g/mol. The van der Waals surface area contributed by atoms with E-state index in [1.54, 1.807) is 25.3 Å². The lowest BCUT2D eigenvalue weighted by Gasteiger charge is -2.20. The van der Waals surface area contributed by atoms with Gasteiger partial charge in [0.15, 0.2) is 11.5 Å². The fourth-order valence-corrected chi connectivity index (χ4v) is 5.25. The lowest BCUT2D eigenvalue weighted by molar-refractivity contribution is -0.115. The Labute approximate surface area is 233 Å². The van der Waals surface area contributed by atoms with Gasteiger partial charge in [-0.05, 0) is 72.5 Å². The average Bonchev–Trinajstić information content (AvgIpc) is 2.97. The number of ether oxygens (including phenoxy) is 2. The van der Waals surface area contributed by atoms with Crippen molar-refractivity contribution in [3.05, 3.63) is 113 Å². The molecule has 200 valence electrons. The van der Waals surface area contributed by atoms with Crippen LogP contribution in [0, 0.1) is 6.92 Å². The number of anilines is 2. The van der Waals surface area contributed by atoms with Crippen LogP contribution in [0.25, 0.3) is 0 Å². The highest BCUT2D eigenvalue weighted by Crippen LogP contribution is 2.37. The van der Waals surface area contributed by atoms with Crippen LogP contribution in [-0.4, -0.2) is 26.0 Å². The summed E-state index contributed by atoms with van der Waals surface area (Å²) < 4.78 is 10.5. The first-order chi connectivity index (χ1) is 18.9. The Morgan fingerprint density at radius 3 is 2.21 bits per heavy atom. The Hall–Kier alpha value is -4.23. The topological polar surface area (TPSA) is 76.7 Å². The molecule has 2 amide bonds. The summed E-state index contributed by atoms with van der Waals surface area (Å²) in [5.74, 6) is 0.698. The first-order valence-corrected chi connectivity index (χ1v) is 13.6. The Morgan fingerprint density at radius 2 is 1.54 bits per heavy atom. The number of benzene rings is 4. The first-order valence-electron chi connectivity index (χ1n) is 12.7. The van der Waals surface area contributed by atoms with Gasteiger partial charge in [0, 0.05) is 21.8 Å². The van der Waals surface area contributed by atoms with Crippen LogP contribution in [0.15, 0.2) is 95.9 Å². The summed E-state index contributed by atoms with van der Waals surface area (Å²) in [6.45, 7) is 4.09. The quantitative estimate of drug-likeness (QED) is 0.206. The molecule has 6 nitrogen and oxygen atoms in total. The SMILES string of the molecule is CCc1cccc(C)c1NC(=O)C(Sc1ccc(NC(=O)c2ccc(OC)c(OC)c2)cc1)c1ccccc1. The molecule has 1 unspecified atom stereocenters. The lowest BCUT2D eigenvalue weighted by Crippen LogP contribution is -2.20. The van der Waals surface area contributed by atoms with Crippen LogP contribution in [0.1, 0.15) is 39.2 Å². The summed E-state index contributed by atoms with van der Waals surface area (Å²) in [6, 6.07) is 28.3. The Morgan fingerprint density at radius 1 is 0.821 bits per heavy atom. The third kappa shape index (κ3) is 6.81. The number of para-hydroxylation sites is 1. The molecule has 2 N–H and O–H groups in total. The smallest absolute Gasteiger partial charge is 0.255 e. The van der Waals surface area contributed by atoms with Gasteiger partial charge < -0.3 is 20.1 Å². The molecule has 4 aromatic rings. The van der Waals surface area contributed by atoms with Crippen molar-refractivity contribution >= 4 is 35.0 Å². The van der Waals surface area contributed by atoms with E-state index in [4.69, 9.17) is 9.47 Å². The van der Waals surface area contributed by atoms with Crippen molar-refractivity contribution in [2.24, 2.45) is 0 Å². The first kappa shape index (κ1) is 27.8. The summed E-state index contributed by atoms with van der Waals surface area (Å²) in [5.41, 5.74) is 5.03. The molecule has 1 atom stereocenters. The normalized spacial score (nSPS) is 11.4. The molecule has 0 aliphatic carbocycles. The second-order valence-corrected chi connectivity index (χ2v) is 10.1. The third-order valence-corrected chi connectivity index (χ3v) is 7.61. The van der Waals surface area contributed by atoms with E-state index >= 15 is 0 Å². The number of carbonyl (C=O) groups is 2. The van der Waals surface area contributed by atoms with E-state index < -0.39 is 5.25 Å². The fourth-order valence-electron chi connectivity index (χ4n) is 4.23. The van der Waals surface area contributed by atoms with Gasteiger partial charge in [-0.2, -0.15) is 0 Å². The van der Waals surface area contributed by atoms with Gasteiger partial charge in [-0.1, -0.05) is 55.5 Å².